The van der Waals surface area contributed by atoms with Crippen LogP contribution in [0.2, 0.25) is 0 Å². The van der Waals surface area contributed by atoms with E-state index in [9.17, 15) is 14.9 Å². The van der Waals surface area contributed by atoms with Crippen LogP contribution in [0.15, 0.2) is 39.9 Å². The van der Waals surface area contributed by atoms with Crippen molar-refractivity contribution < 1.29 is 0 Å². The van der Waals surface area contributed by atoms with E-state index in [0.29, 0.717) is 11.7 Å². The SMILES string of the molecule is Cn1c(NC(c2ccccc2)C2CC2)c(C#N)c(=O)n(C)c1=O. The predicted octanol–water partition coefficient (Wildman–Crippen LogP) is 1.52. The first-order valence-electron chi connectivity index (χ1n) is 7.56. The molecule has 1 aliphatic carbocycles. The van der Waals surface area contributed by atoms with Gasteiger partial charge in [0.15, 0.2) is 5.56 Å². The van der Waals surface area contributed by atoms with Gasteiger partial charge in [0, 0.05) is 14.1 Å². The maximum Gasteiger partial charge on any atom is 0.332 e. The fraction of sp³-hybridized carbons (Fsp3) is 0.353. The number of aromatic nitrogens is 2. The van der Waals surface area contributed by atoms with E-state index in [-0.39, 0.29) is 11.6 Å². The quantitative estimate of drug-likeness (QED) is 0.928. The van der Waals surface area contributed by atoms with Crippen LogP contribution in [0, 0.1) is 17.2 Å². The highest BCUT2D eigenvalue weighted by Crippen LogP contribution is 2.42. The summed E-state index contributed by atoms with van der Waals surface area (Å²) in [4.78, 5) is 24.3. The van der Waals surface area contributed by atoms with Gasteiger partial charge in [-0.2, -0.15) is 5.26 Å². The maximum absolute atomic E-state index is 12.2. The van der Waals surface area contributed by atoms with Crippen molar-refractivity contribution in [3.63, 3.8) is 0 Å². The molecule has 3 rings (SSSR count). The minimum Gasteiger partial charge on any atom is -0.363 e. The second kappa shape index (κ2) is 5.76. The van der Waals surface area contributed by atoms with Crippen LogP contribution < -0.4 is 16.6 Å². The highest BCUT2D eigenvalue weighted by molar-refractivity contribution is 5.53. The lowest BCUT2D eigenvalue weighted by atomic mass is 10.0. The van der Waals surface area contributed by atoms with Crippen LogP contribution in [0.1, 0.15) is 30.0 Å². The molecule has 6 heteroatoms. The highest BCUT2D eigenvalue weighted by Gasteiger charge is 2.33. The number of nitriles is 1. The smallest absolute Gasteiger partial charge is 0.332 e. The molecule has 0 spiro atoms. The molecule has 1 atom stereocenters. The Kier molecular flexibility index (Phi) is 3.78. The second-order valence-electron chi connectivity index (χ2n) is 5.91. The van der Waals surface area contributed by atoms with Crippen LogP contribution in [0.5, 0.6) is 0 Å². The Balaban J connectivity index is 2.10. The molecule has 23 heavy (non-hydrogen) atoms. The fourth-order valence-electron chi connectivity index (χ4n) is 2.82. The van der Waals surface area contributed by atoms with Gasteiger partial charge in [0.1, 0.15) is 11.9 Å². The molecule has 1 aliphatic rings. The van der Waals surface area contributed by atoms with Gasteiger partial charge < -0.3 is 5.32 Å². The lowest BCUT2D eigenvalue weighted by molar-refractivity contribution is 0.640. The zero-order valence-electron chi connectivity index (χ0n) is 13.1. The normalized spacial score (nSPS) is 15.0. The average Bonchev–Trinajstić information content (AvgIpc) is 3.40. The molecule has 1 aromatic carbocycles. The molecule has 0 amide bonds. The van der Waals surface area contributed by atoms with Crippen molar-refractivity contribution >= 4 is 5.82 Å². The van der Waals surface area contributed by atoms with E-state index in [1.54, 1.807) is 7.05 Å². The van der Waals surface area contributed by atoms with Crippen LogP contribution in [0.25, 0.3) is 0 Å². The molecule has 1 N–H and O–H groups in total. The first-order valence-corrected chi connectivity index (χ1v) is 7.56. The molecule has 6 nitrogen and oxygen atoms in total. The van der Waals surface area contributed by atoms with E-state index in [1.165, 1.54) is 11.6 Å². The van der Waals surface area contributed by atoms with Crippen LogP contribution in [0.3, 0.4) is 0 Å². The van der Waals surface area contributed by atoms with Gasteiger partial charge >= 0.3 is 5.69 Å². The van der Waals surface area contributed by atoms with Crippen LogP contribution in [0.4, 0.5) is 5.82 Å². The predicted molar refractivity (Wildman–Crippen MR) is 87.2 cm³/mol. The van der Waals surface area contributed by atoms with Gasteiger partial charge in [0.2, 0.25) is 0 Å². The topological polar surface area (TPSA) is 79.8 Å². The van der Waals surface area contributed by atoms with Gasteiger partial charge in [-0.3, -0.25) is 13.9 Å². The van der Waals surface area contributed by atoms with Crippen molar-refractivity contribution in [2.45, 2.75) is 18.9 Å². The molecular weight excluding hydrogens is 292 g/mol. The van der Waals surface area contributed by atoms with Crippen molar-refractivity contribution in [2.24, 2.45) is 20.0 Å². The van der Waals surface area contributed by atoms with Gasteiger partial charge in [-0.25, -0.2) is 4.79 Å². The summed E-state index contributed by atoms with van der Waals surface area (Å²) in [5, 5.41) is 12.6. The van der Waals surface area contributed by atoms with Crippen LogP contribution >= 0.6 is 0 Å². The van der Waals surface area contributed by atoms with Crippen molar-refractivity contribution in [1.29, 1.82) is 5.26 Å². The zero-order valence-corrected chi connectivity index (χ0v) is 13.1. The second-order valence-corrected chi connectivity index (χ2v) is 5.91. The summed E-state index contributed by atoms with van der Waals surface area (Å²) in [6.45, 7) is 0. The van der Waals surface area contributed by atoms with Gasteiger partial charge in [-0.1, -0.05) is 30.3 Å². The molecule has 118 valence electrons. The molecule has 1 heterocycles. The average molecular weight is 310 g/mol. The van der Waals surface area contributed by atoms with E-state index in [1.807, 2.05) is 36.4 Å². The molecule has 1 fully saturated rings. The summed E-state index contributed by atoms with van der Waals surface area (Å²) < 4.78 is 2.29. The molecule has 1 aromatic heterocycles. The first-order chi connectivity index (χ1) is 11.0. The third kappa shape index (κ3) is 2.66. The Labute approximate surface area is 133 Å². The third-order valence-corrected chi connectivity index (χ3v) is 4.32. The van der Waals surface area contributed by atoms with Crippen molar-refractivity contribution in [1.82, 2.24) is 9.13 Å². The Morgan fingerprint density at radius 2 is 1.83 bits per heavy atom. The van der Waals surface area contributed by atoms with Gasteiger partial charge in [0.25, 0.3) is 5.56 Å². The fourth-order valence-corrected chi connectivity index (χ4v) is 2.82. The summed E-state index contributed by atoms with van der Waals surface area (Å²) in [6, 6.07) is 11.8. The Bertz CT molecular complexity index is 886. The van der Waals surface area contributed by atoms with Crippen molar-refractivity contribution in [3.8, 4) is 6.07 Å². The highest BCUT2D eigenvalue weighted by atomic mass is 16.2. The summed E-state index contributed by atoms with van der Waals surface area (Å²) in [6.07, 6.45) is 2.18. The molecule has 0 radical (unpaired) electrons. The zero-order chi connectivity index (χ0) is 16.6. The molecule has 0 saturated heterocycles. The summed E-state index contributed by atoms with van der Waals surface area (Å²) in [5.74, 6) is 0.740. The lowest BCUT2D eigenvalue weighted by Crippen LogP contribution is -2.40. The van der Waals surface area contributed by atoms with Gasteiger partial charge in [-0.05, 0) is 24.3 Å². The monoisotopic (exact) mass is 310 g/mol. The van der Waals surface area contributed by atoms with E-state index < -0.39 is 11.2 Å². The van der Waals surface area contributed by atoms with Gasteiger partial charge in [-0.15, -0.1) is 0 Å². The largest absolute Gasteiger partial charge is 0.363 e. The van der Waals surface area contributed by atoms with E-state index in [2.05, 4.69) is 5.32 Å². The minimum atomic E-state index is -0.569. The van der Waals surface area contributed by atoms with E-state index in [4.69, 9.17) is 0 Å². The molecule has 1 unspecified atom stereocenters. The number of anilines is 1. The first kappa shape index (κ1) is 15.1. The van der Waals surface area contributed by atoms with E-state index >= 15 is 0 Å². The van der Waals surface area contributed by atoms with E-state index in [0.717, 1.165) is 23.0 Å². The lowest BCUT2D eigenvalue weighted by Gasteiger charge is -2.22. The number of rotatable bonds is 4. The van der Waals surface area contributed by atoms with Crippen molar-refractivity contribution in [3.05, 3.63) is 62.3 Å². The van der Waals surface area contributed by atoms with Crippen molar-refractivity contribution in [2.75, 3.05) is 5.32 Å². The van der Waals surface area contributed by atoms with Crippen LogP contribution in [-0.2, 0) is 14.1 Å². The molecule has 1 saturated carbocycles. The number of benzene rings is 1. The van der Waals surface area contributed by atoms with Crippen LogP contribution in [-0.4, -0.2) is 9.13 Å². The third-order valence-electron chi connectivity index (χ3n) is 4.32. The molecule has 2 aromatic rings. The minimum absolute atomic E-state index is 0.0130. The molecule has 0 bridgehead atoms. The maximum atomic E-state index is 12.2. The van der Waals surface area contributed by atoms with Gasteiger partial charge in [0.05, 0.1) is 6.04 Å². The Morgan fingerprint density at radius 1 is 1.17 bits per heavy atom. The standard InChI is InChI=1S/C17H18N4O2/c1-20-15(13(10-18)16(22)21(2)17(20)23)19-14(12-8-9-12)11-6-4-3-5-7-11/h3-7,12,14,19H,8-9H2,1-2H3. The number of nitrogens with zero attached hydrogens (tertiary/aromatic N) is 3. The molecular formula is C17H18N4O2. The number of nitrogens with one attached hydrogen (secondary N) is 1. The molecule has 0 aliphatic heterocycles. The summed E-state index contributed by atoms with van der Waals surface area (Å²) in [5.41, 5.74) is 0.0445. The summed E-state index contributed by atoms with van der Waals surface area (Å²) in [7, 11) is 2.95. The Hall–Kier alpha value is -2.81. The Morgan fingerprint density at radius 3 is 2.39 bits per heavy atom. The number of hydrogen-bond acceptors (Lipinski definition) is 4. The summed E-state index contributed by atoms with van der Waals surface area (Å²) >= 11 is 0. The number of hydrogen-bond donors (Lipinski definition) is 1.